The van der Waals surface area contributed by atoms with Crippen molar-refractivity contribution in [3.8, 4) is 11.8 Å². The Kier molecular flexibility index (Phi) is 4.80. The van der Waals surface area contributed by atoms with E-state index in [1.54, 1.807) is 7.11 Å². The van der Waals surface area contributed by atoms with E-state index in [-0.39, 0.29) is 0 Å². The van der Waals surface area contributed by atoms with Gasteiger partial charge in [-0.2, -0.15) is 5.26 Å². The Balaban J connectivity index is 1.59. The van der Waals surface area contributed by atoms with E-state index < -0.39 is 0 Å². The maximum absolute atomic E-state index is 8.96. The molecule has 0 unspecified atom stereocenters. The lowest BCUT2D eigenvalue weighted by Crippen LogP contribution is -2.32. The van der Waals surface area contributed by atoms with Crippen LogP contribution in [-0.4, -0.2) is 26.2 Å². The first-order valence-corrected chi connectivity index (χ1v) is 7.90. The Morgan fingerprint density at radius 3 is 2.96 bits per heavy atom. The molecule has 1 atom stereocenters. The average Bonchev–Trinajstić information content (AvgIpc) is 3.09. The van der Waals surface area contributed by atoms with Gasteiger partial charge in [-0.3, -0.25) is 0 Å². The standard InChI is InChI=1S/C19H21N3O/c1-23-19-8-3-2-7-18(19)22-10-9-17(14-22)21-13-16-6-4-5-15(11-16)12-20/h2-8,11,17,21H,9-10,13-14H2,1H3/t17-/m0/s1. The van der Waals surface area contributed by atoms with Crippen molar-refractivity contribution < 1.29 is 4.74 Å². The molecule has 3 rings (SSSR count). The lowest BCUT2D eigenvalue weighted by atomic mass is 10.1. The van der Waals surface area contributed by atoms with Crippen LogP contribution < -0.4 is 15.0 Å². The summed E-state index contributed by atoms with van der Waals surface area (Å²) in [5.74, 6) is 0.926. The van der Waals surface area contributed by atoms with E-state index >= 15 is 0 Å². The van der Waals surface area contributed by atoms with Gasteiger partial charge in [0.1, 0.15) is 5.75 Å². The monoisotopic (exact) mass is 307 g/mol. The number of benzene rings is 2. The molecule has 2 aromatic carbocycles. The molecule has 1 aliphatic rings. The average molecular weight is 307 g/mol. The van der Waals surface area contributed by atoms with E-state index in [2.05, 4.69) is 28.4 Å². The molecule has 2 aromatic rings. The molecule has 0 aliphatic carbocycles. The minimum absolute atomic E-state index is 0.450. The van der Waals surface area contributed by atoms with Crippen LogP contribution in [0.3, 0.4) is 0 Å². The smallest absolute Gasteiger partial charge is 0.142 e. The second kappa shape index (κ2) is 7.17. The van der Waals surface area contributed by atoms with Crippen molar-refractivity contribution in [2.75, 3.05) is 25.1 Å². The lowest BCUT2D eigenvalue weighted by Gasteiger charge is -2.21. The SMILES string of the molecule is COc1ccccc1N1CC[C@H](NCc2cccc(C#N)c2)C1. The maximum atomic E-state index is 8.96. The minimum atomic E-state index is 0.450. The van der Waals surface area contributed by atoms with Gasteiger partial charge < -0.3 is 15.0 Å². The fourth-order valence-corrected chi connectivity index (χ4v) is 3.05. The summed E-state index contributed by atoms with van der Waals surface area (Å²) in [5, 5.41) is 12.6. The van der Waals surface area contributed by atoms with Crippen molar-refractivity contribution in [2.45, 2.75) is 19.0 Å². The number of hydrogen-bond acceptors (Lipinski definition) is 4. The van der Waals surface area contributed by atoms with E-state index in [1.165, 1.54) is 0 Å². The molecular weight excluding hydrogens is 286 g/mol. The number of methoxy groups -OCH3 is 1. The molecule has 118 valence electrons. The third-order valence-electron chi connectivity index (χ3n) is 4.27. The lowest BCUT2D eigenvalue weighted by molar-refractivity contribution is 0.414. The van der Waals surface area contributed by atoms with Gasteiger partial charge in [-0.25, -0.2) is 0 Å². The quantitative estimate of drug-likeness (QED) is 0.922. The number of nitrogens with one attached hydrogen (secondary N) is 1. The molecule has 23 heavy (non-hydrogen) atoms. The number of para-hydroxylation sites is 2. The highest BCUT2D eigenvalue weighted by atomic mass is 16.5. The molecule has 1 saturated heterocycles. The van der Waals surface area contributed by atoms with Crippen molar-refractivity contribution in [2.24, 2.45) is 0 Å². The molecule has 4 nitrogen and oxygen atoms in total. The zero-order valence-corrected chi connectivity index (χ0v) is 13.3. The fourth-order valence-electron chi connectivity index (χ4n) is 3.05. The van der Waals surface area contributed by atoms with E-state index in [0.29, 0.717) is 11.6 Å². The number of nitrogens with zero attached hydrogens (tertiary/aromatic N) is 2. The number of ether oxygens (including phenoxy) is 1. The van der Waals surface area contributed by atoms with Crippen LogP contribution in [0.15, 0.2) is 48.5 Å². The predicted octanol–water partition coefficient (Wildman–Crippen LogP) is 2.94. The van der Waals surface area contributed by atoms with Crippen LogP contribution in [0.4, 0.5) is 5.69 Å². The van der Waals surface area contributed by atoms with E-state index in [9.17, 15) is 0 Å². The summed E-state index contributed by atoms with van der Waals surface area (Å²) in [5.41, 5.74) is 3.02. The van der Waals surface area contributed by atoms with Crippen LogP contribution in [0.1, 0.15) is 17.5 Å². The van der Waals surface area contributed by atoms with Gasteiger partial charge in [-0.05, 0) is 36.2 Å². The summed E-state index contributed by atoms with van der Waals surface area (Å²) in [6.07, 6.45) is 1.11. The van der Waals surface area contributed by atoms with Gasteiger partial charge in [-0.1, -0.05) is 24.3 Å². The number of hydrogen-bond donors (Lipinski definition) is 1. The summed E-state index contributed by atoms with van der Waals surface area (Å²) in [6, 6.07) is 18.6. The van der Waals surface area contributed by atoms with Crippen molar-refractivity contribution in [3.05, 3.63) is 59.7 Å². The van der Waals surface area contributed by atoms with Crippen molar-refractivity contribution in [1.29, 1.82) is 5.26 Å². The van der Waals surface area contributed by atoms with Crippen LogP contribution in [-0.2, 0) is 6.54 Å². The number of anilines is 1. The van der Waals surface area contributed by atoms with Gasteiger partial charge in [0.25, 0.3) is 0 Å². The molecule has 1 aliphatic heterocycles. The molecule has 0 saturated carbocycles. The molecule has 4 heteroatoms. The Labute approximate surface area is 137 Å². The van der Waals surface area contributed by atoms with Gasteiger partial charge >= 0.3 is 0 Å². The summed E-state index contributed by atoms with van der Waals surface area (Å²) < 4.78 is 5.46. The summed E-state index contributed by atoms with van der Waals surface area (Å²) >= 11 is 0. The predicted molar refractivity (Wildman–Crippen MR) is 91.6 cm³/mol. The summed E-state index contributed by atoms with van der Waals surface area (Å²) in [7, 11) is 1.72. The normalized spacial score (nSPS) is 17.0. The Morgan fingerprint density at radius 2 is 2.13 bits per heavy atom. The van der Waals surface area contributed by atoms with Gasteiger partial charge in [0.05, 0.1) is 24.4 Å². The molecule has 0 amide bonds. The molecular formula is C19H21N3O. The van der Waals surface area contributed by atoms with E-state index in [1.807, 2.05) is 36.4 Å². The first-order chi connectivity index (χ1) is 11.3. The second-order valence-corrected chi connectivity index (χ2v) is 5.80. The molecule has 1 N–H and O–H groups in total. The maximum Gasteiger partial charge on any atom is 0.142 e. The molecule has 0 aromatic heterocycles. The molecule has 0 bridgehead atoms. The summed E-state index contributed by atoms with van der Waals surface area (Å²) in [6.45, 7) is 2.79. The third-order valence-corrected chi connectivity index (χ3v) is 4.27. The molecule has 1 heterocycles. The van der Waals surface area contributed by atoms with Crippen LogP contribution in [0, 0.1) is 11.3 Å². The zero-order valence-electron chi connectivity index (χ0n) is 13.3. The number of nitriles is 1. The highest BCUT2D eigenvalue weighted by Gasteiger charge is 2.24. The summed E-state index contributed by atoms with van der Waals surface area (Å²) in [4.78, 5) is 2.36. The van der Waals surface area contributed by atoms with E-state index in [0.717, 1.165) is 43.1 Å². The van der Waals surface area contributed by atoms with Gasteiger partial charge in [0, 0.05) is 25.7 Å². The van der Waals surface area contributed by atoms with Crippen molar-refractivity contribution in [1.82, 2.24) is 5.32 Å². The van der Waals surface area contributed by atoms with Gasteiger partial charge in [-0.15, -0.1) is 0 Å². The zero-order chi connectivity index (χ0) is 16.1. The molecule has 0 spiro atoms. The van der Waals surface area contributed by atoms with Crippen molar-refractivity contribution in [3.63, 3.8) is 0 Å². The number of rotatable bonds is 5. The van der Waals surface area contributed by atoms with E-state index in [4.69, 9.17) is 10.00 Å². The Morgan fingerprint density at radius 1 is 1.26 bits per heavy atom. The van der Waals surface area contributed by atoms with Gasteiger partial charge in [0.2, 0.25) is 0 Å². The Bertz CT molecular complexity index is 708. The van der Waals surface area contributed by atoms with Crippen LogP contribution in [0.5, 0.6) is 5.75 Å². The molecule has 1 fully saturated rings. The second-order valence-electron chi connectivity index (χ2n) is 5.80. The third kappa shape index (κ3) is 3.64. The van der Waals surface area contributed by atoms with Crippen molar-refractivity contribution >= 4 is 5.69 Å². The first kappa shape index (κ1) is 15.4. The Hall–Kier alpha value is -2.51. The van der Waals surface area contributed by atoms with Crippen LogP contribution in [0.25, 0.3) is 0 Å². The highest BCUT2D eigenvalue weighted by Crippen LogP contribution is 2.30. The molecule has 0 radical (unpaired) electrons. The first-order valence-electron chi connectivity index (χ1n) is 7.90. The van der Waals surface area contributed by atoms with Crippen LogP contribution in [0.2, 0.25) is 0 Å². The topological polar surface area (TPSA) is 48.3 Å². The minimum Gasteiger partial charge on any atom is -0.495 e. The fraction of sp³-hybridized carbons (Fsp3) is 0.316. The highest BCUT2D eigenvalue weighted by molar-refractivity contribution is 5.59. The largest absolute Gasteiger partial charge is 0.495 e. The van der Waals surface area contributed by atoms with Crippen LogP contribution >= 0.6 is 0 Å². The van der Waals surface area contributed by atoms with Gasteiger partial charge in [0.15, 0.2) is 0 Å².